The molecule has 5 N–H and O–H groups in total. The van der Waals surface area contributed by atoms with Crippen LogP contribution in [-0.2, 0) is 4.74 Å². The predicted octanol–water partition coefficient (Wildman–Crippen LogP) is 1.35. The van der Waals surface area contributed by atoms with Crippen LogP contribution in [-0.4, -0.2) is 65.2 Å². The third-order valence-electron chi connectivity index (χ3n) is 6.16. The molecule has 1 aliphatic rings. The van der Waals surface area contributed by atoms with Crippen molar-refractivity contribution in [3.63, 3.8) is 0 Å². The van der Waals surface area contributed by atoms with E-state index in [2.05, 4.69) is 16.9 Å². The molecule has 0 bridgehead atoms. The molecule has 1 saturated heterocycles. The number of nitrogens with zero attached hydrogens (tertiary/aromatic N) is 4. The average molecular weight is 466 g/mol. The second kappa shape index (κ2) is 11.7. The smallest absolute Gasteiger partial charge is 0.289 e. The summed E-state index contributed by atoms with van der Waals surface area (Å²) >= 11 is 0. The van der Waals surface area contributed by atoms with Crippen molar-refractivity contribution in [1.29, 1.82) is 0 Å². The lowest BCUT2D eigenvalue weighted by atomic mass is 10.1. The van der Waals surface area contributed by atoms with Crippen LogP contribution < -0.4 is 11.3 Å². The van der Waals surface area contributed by atoms with Gasteiger partial charge in [-0.2, -0.15) is 4.98 Å². The maximum Gasteiger partial charge on any atom is 0.289 e. The van der Waals surface area contributed by atoms with Gasteiger partial charge in [-0.25, -0.2) is 9.55 Å². The molecule has 11 nitrogen and oxygen atoms in total. The van der Waals surface area contributed by atoms with Crippen LogP contribution in [0.4, 0.5) is 5.95 Å². The van der Waals surface area contributed by atoms with Crippen molar-refractivity contribution < 1.29 is 24.9 Å². The fraction of sp³-hybridized carbons (Fsp3) is 0.727. The van der Waals surface area contributed by atoms with Gasteiger partial charge in [-0.1, -0.05) is 58.3 Å². The molecular formula is C22H35N5O6. The van der Waals surface area contributed by atoms with Crippen LogP contribution in [0.15, 0.2) is 11.1 Å². The van der Waals surface area contributed by atoms with Crippen LogP contribution in [0.3, 0.4) is 0 Å². The minimum atomic E-state index is -1.36. The molecule has 3 heterocycles. The molecule has 1 fully saturated rings. The van der Waals surface area contributed by atoms with E-state index in [0.29, 0.717) is 6.42 Å². The van der Waals surface area contributed by atoms with Gasteiger partial charge in [0.05, 0.1) is 12.9 Å². The second-order valence-electron chi connectivity index (χ2n) is 8.64. The Morgan fingerprint density at radius 3 is 2.33 bits per heavy atom. The second-order valence-corrected chi connectivity index (χ2v) is 8.64. The number of nitrogens with two attached hydrogens (primary N) is 1. The molecule has 33 heavy (non-hydrogen) atoms. The molecule has 0 unspecified atom stereocenters. The van der Waals surface area contributed by atoms with E-state index >= 15 is 0 Å². The number of aromatic nitrogens is 4. The van der Waals surface area contributed by atoms with Crippen LogP contribution in [0.2, 0.25) is 0 Å². The van der Waals surface area contributed by atoms with E-state index in [-0.39, 0.29) is 23.5 Å². The van der Waals surface area contributed by atoms with E-state index in [1.807, 2.05) is 0 Å². The average Bonchev–Trinajstić information content (AvgIpc) is 3.33. The Kier molecular flexibility index (Phi) is 8.95. The molecule has 4 atom stereocenters. The highest BCUT2D eigenvalue weighted by atomic mass is 16.6. The van der Waals surface area contributed by atoms with E-state index < -0.39 is 42.6 Å². The summed E-state index contributed by atoms with van der Waals surface area (Å²) in [6, 6.07) is 0. The molecule has 0 radical (unpaired) electrons. The zero-order valence-corrected chi connectivity index (χ0v) is 19.1. The number of anilines is 1. The quantitative estimate of drug-likeness (QED) is 0.338. The van der Waals surface area contributed by atoms with Gasteiger partial charge in [-0.3, -0.25) is 14.2 Å². The third kappa shape index (κ3) is 5.60. The molecule has 0 aromatic carbocycles. The van der Waals surface area contributed by atoms with Crippen molar-refractivity contribution in [1.82, 2.24) is 19.1 Å². The zero-order valence-electron chi connectivity index (χ0n) is 19.1. The van der Waals surface area contributed by atoms with Crippen LogP contribution in [0.25, 0.3) is 11.2 Å². The molecule has 2 aromatic rings. The predicted molar refractivity (Wildman–Crippen MR) is 122 cm³/mol. The zero-order chi connectivity index (χ0) is 24.0. The first-order valence-corrected chi connectivity index (χ1v) is 11.8. The molecule has 2 aromatic heterocycles. The fourth-order valence-electron chi connectivity index (χ4n) is 4.22. The molecule has 0 spiro atoms. The molecular weight excluding hydrogens is 430 g/mol. The van der Waals surface area contributed by atoms with Crippen molar-refractivity contribution in [2.75, 3.05) is 12.3 Å². The van der Waals surface area contributed by atoms with E-state index in [9.17, 15) is 24.9 Å². The third-order valence-corrected chi connectivity index (χ3v) is 6.16. The Labute approximate surface area is 192 Å². The fourth-order valence-corrected chi connectivity index (χ4v) is 4.22. The highest BCUT2D eigenvalue weighted by Gasteiger charge is 2.44. The molecule has 11 heteroatoms. The maximum atomic E-state index is 12.9. The highest BCUT2D eigenvalue weighted by Crippen LogP contribution is 2.31. The summed E-state index contributed by atoms with van der Waals surface area (Å²) in [6.07, 6.45) is 6.65. The summed E-state index contributed by atoms with van der Waals surface area (Å²) in [6.45, 7) is 1.71. The Bertz CT molecular complexity index is 990. The van der Waals surface area contributed by atoms with E-state index in [1.165, 1.54) is 43.0 Å². The number of unbranched alkanes of at least 4 members (excludes halogenated alkanes) is 8. The van der Waals surface area contributed by atoms with Crippen LogP contribution >= 0.6 is 0 Å². The molecule has 0 amide bonds. The van der Waals surface area contributed by atoms with Gasteiger partial charge in [0.1, 0.15) is 18.3 Å². The van der Waals surface area contributed by atoms with Crippen molar-refractivity contribution in [3.05, 3.63) is 16.7 Å². The van der Waals surface area contributed by atoms with Crippen LogP contribution in [0.5, 0.6) is 0 Å². The molecule has 1 aliphatic heterocycles. The number of aliphatic hydroxyl groups excluding tert-OH is 3. The Morgan fingerprint density at radius 1 is 1.09 bits per heavy atom. The van der Waals surface area contributed by atoms with Gasteiger partial charge < -0.3 is 25.8 Å². The van der Waals surface area contributed by atoms with E-state index in [1.54, 1.807) is 0 Å². The number of imidazole rings is 1. The first kappa shape index (κ1) is 25.3. The van der Waals surface area contributed by atoms with Crippen LogP contribution in [0.1, 0.15) is 82.2 Å². The van der Waals surface area contributed by atoms with E-state index in [4.69, 9.17) is 10.5 Å². The summed E-state index contributed by atoms with van der Waals surface area (Å²) in [4.78, 5) is 33.7. The topological polar surface area (TPSA) is 166 Å². The molecule has 3 rings (SSSR count). The molecule has 184 valence electrons. The SMILES string of the molecule is CCCCCCCCCCCC(=O)n1c(N)nc2c(ncn2[C@@H]2O[C@H](CO)[C@@H](O)[C@H]2O)c1=O. The lowest BCUT2D eigenvalue weighted by Crippen LogP contribution is -2.33. The number of carbonyl (C=O) groups is 1. The van der Waals surface area contributed by atoms with Gasteiger partial charge in [0.25, 0.3) is 5.56 Å². The van der Waals surface area contributed by atoms with Gasteiger partial charge in [-0.05, 0) is 6.42 Å². The lowest BCUT2D eigenvalue weighted by molar-refractivity contribution is -0.0511. The normalized spacial score (nSPS) is 22.9. The van der Waals surface area contributed by atoms with Gasteiger partial charge in [-0.15, -0.1) is 0 Å². The van der Waals surface area contributed by atoms with E-state index in [0.717, 1.165) is 23.8 Å². The number of rotatable bonds is 12. The summed E-state index contributed by atoms with van der Waals surface area (Å²) in [5.74, 6) is -0.709. The maximum absolute atomic E-state index is 12.9. The number of fused-ring (bicyclic) bond motifs is 1. The minimum absolute atomic E-state index is 0.0273. The summed E-state index contributed by atoms with van der Waals surface area (Å²) in [7, 11) is 0. The van der Waals surface area contributed by atoms with Gasteiger partial charge in [0.15, 0.2) is 17.4 Å². The molecule has 0 saturated carbocycles. The minimum Gasteiger partial charge on any atom is -0.394 e. The standard InChI is InChI=1S/C22H35N5O6/c1-2-3-4-5-6-7-8-9-10-11-15(29)27-20(32)16-19(25-22(27)23)26(13-24-16)21-18(31)17(30)14(12-28)33-21/h13-14,17-18,21,28,30-31H,2-12H2,1H3,(H2,23,25)/t14-,17-,18-,21-/m1/s1. The number of aliphatic hydroxyl groups is 3. The van der Waals surface area contributed by atoms with Gasteiger partial charge in [0.2, 0.25) is 11.9 Å². The Balaban J connectivity index is 1.63. The number of carbonyl (C=O) groups excluding carboxylic acids is 1. The van der Waals surface area contributed by atoms with Crippen molar-refractivity contribution in [3.8, 4) is 0 Å². The Hall–Kier alpha value is -2.34. The summed E-state index contributed by atoms with van der Waals surface area (Å²) in [5, 5.41) is 29.5. The van der Waals surface area contributed by atoms with Crippen molar-refractivity contribution in [2.24, 2.45) is 0 Å². The van der Waals surface area contributed by atoms with Gasteiger partial charge >= 0.3 is 0 Å². The molecule has 0 aliphatic carbocycles. The van der Waals surface area contributed by atoms with Gasteiger partial charge in [0, 0.05) is 6.42 Å². The van der Waals surface area contributed by atoms with Crippen molar-refractivity contribution >= 4 is 23.0 Å². The van der Waals surface area contributed by atoms with Crippen LogP contribution in [0, 0.1) is 0 Å². The Morgan fingerprint density at radius 2 is 1.73 bits per heavy atom. The number of hydrogen-bond acceptors (Lipinski definition) is 9. The largest absolute Gasteiger partial charge is 0.394 e. The highest BCUT2D eigenvalue weighted by molar-refractivity contribution is 5.84. The van der Waals surface area contributed by atoms with Crippen molar-refractivity contribution in [2.45, 2.75) is 95.7 Å². The summed E-state index contributed by atoms with van der Waals surface area (Å²) in [5.41, 5.74) is 5.18. The number of hydrogen-bond donors (Lipinski definition) is 4. The summed E-state index contributed by atoms with van der Waals surface area (Å²) < 4.78 is 7.58. The first-order chi connectivity index (χ1) is 15.9. The lowest BCUT2D eigenvalue weighted by Gasteiger charge is -2.16. The number of ether oxygens (including phenoxy) is 1. The number of nitrogen functional groups attached to an aromatic ring is 1. The monoisotopic (exact) mass is 465 g/mol. The first-order valence-electron chi connectivity index (χ1n) is 11.8.